The van der Waals surface area contributed by atoms with Crippen molar-refractivity contribution in [3.63, 3.8) is 0 Å². The van der Waals surface area contributed by atoms with E-state index in [4.69, 9.17) is 28.1 Å². The molecule has 0 aromatic carbocycles. The van der Waals surface area contributed by atoms with Crippen LogP contribution in [0.5, 0.6) is 0 Å². The Morgan fingerprint density at radius 3 is 1.72 bits per heavy atom. The minimum absolute atomic E-state index is 0.0468. The molecule has 0 aromatic rings. The van der Waals surface area contributed by atoms with Gasteiger partial charge in [-0.15, -0.1) is 0 Å². The van der Waals surface area contributed by atoms with Crippen LogP contribution in [0.2, 0.25) is 18.1 Å². The maximum absolute atomic E-state index is 11.7. The van der Waals surface area contributed by atoms with Crippen molar-refractivity contribution < 1.29 is 42.5 Å². The van der Waals surface area contributed by atoms with E-state index in [-0.39, 0.29) is 11.6 Å². The summed E-state index contributed by atoms with van der Waals surface area (Å²) < 4.78 is 33.5. The first kappa shape index (κ1) is 25.5. The summed E-state index contributed by atoms with van der Waals surface area (Å²) in [7, 11) is -0.763. The van der Waals surface area contributed by atoms with Crippen molar-refractivity contribution in [1.29, 1.82) is 0 Å². The van der Waals surface area contributed by atoms with E-state index >= 15 is 0 Å². The van der Waals surface area contributed by atoms with Crippen molar-refractivity contribution in [2.24, 2.45) is 0 Å². The summed E-state index contributed by atoms with van der Waals surface area (Å²) >= 11 is 0. The molecule has 1 rings (SSSR count). The van der Waals surface area contributed by atoms with Crippen molar-refractivity contribution in [2.75, 3.05) is 13.7 Å². The Bertz CT molecular complexity index is 599. The fourth-order valence-corrected chi connectivity index (χ4v) is 3.70. The van der Waals surface area contributed by atoms with Gasteiger partial charge in [0.05, 0.1) is 6.61 Å². The molecule has 0 saturated carbocycles. The molecule has 0 aliphatic carbocycles. The van der Waals surface area contributed by atoms with Gasteiger partial charge in [0.25, 0.3) is 0 Å². The van der Waals surface area contributed by atoms with E-state index in [2.05, 4.69) is 33.9 Å². The van der Waals surface area contributed by atoms with E-state index in [1.807, 2.05) is 0 Å². The number of carbonyl (C=O) groups excluding carboxylic acids is 3. The Hall–Kier alpha value is -1.49. The van der Waals surface area contributed by atoms with E-state index in [1.54, 1.807) is 0 Å². The third kappa shape index (κ3) is 7.05. The van der Waals surface area contributed by atoms with Gasteiger partial charge in [-0.1, -0.05) is 20.8 Å². The predicted molar refractivity (Wildman–Crippen MR) is 105 cm³/mol. The lowest BCUT2D eigenvalue weighted by atomic mass is 9.98. The molecule has 5 atom stereocenters. The fraction of sp³-hybridized carbons (Fsp3) is 0.842. The minimum atomic E-state index is -2.14. The Labute approximate surface area is 173 Å². The zero-order valence-corrected chi connectivity index (χ0v) is 19.8. The molecule has 1 saturated heterocycles. The Kier molecular flexibility index (Phi) is 8.82. The van der Waals surface area contributed by atoms with Gasteiger partial charge in [-0.25, -0.2) is 0 Å². The highest BCUT2D eigenvalue weighted by Gasteiger charge is 2.52. The predicted octanol–water partition coefficient (Wildman–Crippen LogP) is 2.17. The lowest BCUT2D eigenvalue weighted by Gasteiger charge is -2.45. The van der Waals surface area contributed by atoms with Gasteiger partial charge in [-0.2, -0.15) is 0 Å². The largest absolute Gasteiger partial charge is 0.456 e. The van der Waals surface area contributed by atoms with Crippen LogP contribution < -0.4 is 0 Å². The molecule has 1 aliphatic heterocycles. The first-order chi connectivity index (χ1) is 13.2. The number of hydrogen-bond donors (Lipinski definition) is 0. The first-order valence-electron chi connectivity index (χ1n) is 9.53. The van der Waals surface area contributed by atoms with E-state index < -0.39 is 56.9 Å². The summed E-state index contributed by atoms with van der Waals surface area (Å²) in [5.41, 5.74) is 0. The Morgan fingerprint density at radius 1 is 0.862 bits per heavy atom. The monoisotopic (exact) mass is 434 g/mol. The standard InChI is InChI=1S/C19H34O9Si/c1-11(20)25-15-14(10-24-29(8,9)19(4,5)6)28-18(23-7)17(27-13(3)22)16(15)26-12(2)21/h14-18H,10H2,1-9H3/t14-,15+,16+,17-,18+/m1/s1. The van der Waals surface area contributed by atoms with Crippen LogP contribution in [0.25, 0.3) is 0 Å². The summed E-state index contributed by atoms with van der Waals surface area (Å²) in [6.45, 7) is 14.2. The van der Waals surface area contributed by atoms with Crippen molar-refractivity contribution >= 4 is 26.2 Å². The maximum Gasteiger partial charge on any atom is 0.303 e. The lowest BCUT2D eigenvalue weighted by molar-refractivity contribution is -0.301. The molecule has 0 aromatic heterocycles. The molecule has 1 fully saturated rings. The van der Waals surface area contributed by atoms with Gasteiger partial charge in [0.15, 0.2) is 32.9 Å². The first-order valence-corrected chi connectivity index (χ1v) is 12.4. The second-order valence-corrected chi connectivity index (χ2v) is 13.4. The van der Waals surface area contributed by atoms with Crippen LogP contribution in [0.1, 0.15) is 41.5 Å². The quantitative estimate of drug-likeness (QED) is 0.338. The molecule has 1 heterocycles. The molecular formula is C19H34O9Si. The smallest absolute Gasteiger partial charge is 0.303 e. The van der Waals surface area contributed by atoms with Crippen LogP contribution in [-0.4, -0.2) is 70.6 Å². The number of carbonyl (C=O) groups is 3. The van der Waals surface area contributed by atoms with Gasteiger partial charge >= 0.3 is 17.9 Å². The molecule has 0 bridgehead atoms. The van der Waals surface area contributed by atoms with Gasteiger partial charge < -0.3 is 28.1 Å². The topological polar surface area (TPSA) is 107 Å². The average Bonchev–Trinajstić information content (AvgIpc) is 2.54. The number of hydrogen-bond acceptors (Lipinski definition) is 9. The molecule has 9 nitrogen and oxygen atoms in total. The summed E-state index contributed by atoms with van der Waals surface area (Å²) in [6.07, 6.45) is -5.05. The second kappa shape index (κ2) is 10.0. The third-order valence-corrected chi connectivity index (χ3v) is 9.64. The van der Waals surface area contributed by atoms with Crippen molar-refractivity contribution in [1.82, 2.24) is 0 Å². The third-order valence-electron chi connectivity index (χ3n) is 5.14. The van der Waals surface area contributed by atoms with Crippen molar-refractivity contribution in [3.05, 3.63) is 0 Å². The Morgan fingerprint density at radius 2 is 1.31 bits per heavy atom. The van der Waals surface area contributed by atoms with Crippen LogP contribution in [0.4, 0.5) is 0 Å². The summed E-state index contributed by atoms with van der Waals surface area (Å²) in [5.74, 6) is -1.83. The lowest BCUT2D eigenvalue weighted by Crippen LogP contribution is -2.63. The molecular weight excluding hydrogens is 400 g/mol. The maximum atomic E-state index is 11.7. The highest BCUT2D eigenvalue weighted by atomic mass is 28.4. The molecule has 168 valence electrons. The molecule has 0 radical (unpaired) electrons. The number of methoxy groups -OCH3 is 1. The molecule has 1 aliphatic rings. The van der Waals surface area contributed by atoms with Crippen molar-refractivity contribution in [3.8, 4) is 0 Å². The Balaban J connectivity index is 3.23. The summed E-state index contributed by atoms with van der Waals surface area (Å²) in [5, 5.41) is -0.0468. The van der Waals surface area contributed by atoms with Gasteiger partial charge in [0.1, 0.15) is 6.10 Å². The van der Waals surface area contributed by atoms with Crippen LogP contribution in [0.15, 0.2) is 0 Å². The second-order valence-electron chi connectivity index (χ2n) is 8.57. The van der Waals surface area contributed by atoms with Crippen LogP contribution in [-0.2, 0) is 42.5 Å². The van der Waals surface area contributed by atoms with Crippen LogP contribution in [0.3, 0.4) is 0 Å². The number of ether oxygens (including phenoxy) is 5. The van der Waals surface area contributed by atoms with Crippen molar-refractivity contribution in [2.45, 2.75) is 90.4 Å². The minimum Gasteiger partial charge on any atom is -0.456 e. The van der Waals surface area contributed by atoms with E-state index in [0.29, 0.717) is 0 Å². The van der Waals surface area contributed by atoms with E-state index in [0.717, 1.165) is 0 Å². The van der Waals surface area contributed by atoms with Gasteiger partial charge in [-0.3, -0.25) is 14.4 Å². The van der Waals surface area contributed by atoms with E-state index in [9.17, 15) is 14.4 Å². The summed E-state index contributed by atoms with van der Waals surface area (Å²) in [6, 6.07) is 0. The highest BCUT2D eigenvalue weighted by molar-refractivity contribution is 6.74. The fourth-order valence-electron chi connectivity index (χ4n) is 2.69. The normalized spacial score (nSPS) is 27.8. The van der Waals surface area contributed by atoms with Crippen LogP contribution >= 0.6 is 0 Å². The zero-order chi connectivity index (χ0) is 22.6. The number of esters is 3. The van der Waals surface area contributed by atoms with Gasteiger partial charge in [0.2, 0.25) is 0 Å². The van der Waals surface area contributed by atoms with Gasteiger partial charge in [0, 0.05) is 27.9 Å². The molecule has 0 unspecified atom stereocenters. The zero-order valence-electron chi connectivity index (χ0n) is 18.8. The van der Waals surface area contributed by atoms with Crippen LogP contribution in [0, 0.1) is 0 Å². The molecule has 10 heteroatoms. The summed E-state index contributed by atoms with van der Waals surface area (Å²) in [4.78, 5) is 35.0. The average molecular weight is 435 g/mol. The molecule has 29 heavy (non-hydrogen) atoms. The molecule has 0 spiro atoms. The number of rotatable bonds is 7. The SMILES string of the molecule is CO[C@H]1O[C@H](CO[Si](C)(C)C(C)(C)C)[C@H](OC(C)=O)[C@H](OC(C)=O)[C@H]1OC(C)=O. The highest BCUT2D eigenvalue weighted by Crippen LogP contribution is 2.37. The molecule has 0 amide bonds. The molecule has 0 N–H and O–H groups in total. The van der Waals surface area contributed by atoms with E-state index in [1.165, 1.54) is 27.9 Å². The van der Waals surface area contributed by atoms with Gasteiger partial charge in [-0.05, 0) is 18.1 Å².